The lowest BCUT2D eigenvalue weighted by Crippen LogP contribution is -2.38. The number of hydrogen-bond donors (Lipinski definition) is 1. The van der Waals surface area contributed by atoms with Gasteiger partial charge in [-0.25, -0.2) is 4.79 Å². The van der Waals surface area contributed by atoms with Crippen molar-refractivity contribution in [2.45, 2.75) is 12.5 Å². The van der Waals surface area contributed by atoms with Gasteiger partial charge in [-0.3, -0.25) is 0 Å². The second-order valence-corrected chi connectivity index (χ2v) is 4.50. The zero-order valence-corrected chi connectivity index (χ0v) is 11.2. The number of esters is 1. The molecule has 0 spiro atoms. The topological polar surface area (TPSA) is 56.8 Å². The van der Waals surface area contributed by atoms with E-state index in [9.17, 15) is 4.79 Å². The average molecular weight is 265 g/mol. The summed E-state index contributed by atoms with van der Waals surface area (Å²) in [6, 6.07) is 7.08. The van der Waals surface area contributed by atoms with Crippen LogP contribution in [0, 0.1) is 5.92 Å². The lowest BCUT2D eigenvalue weighted by atomic mass is 9.99. The fourth-order valence-electron chi connectivity index (χ4n) is 2.18. The average Bonchev–Trinajstić information content (AvgIpc) is 2.98. The third-order valence-corrected chi connectivity index (χ3v) is 3.30. The van der Waals surface area contributed by atoms with E-state index in [0.29, 0.717) is 13.2 Å². The summed E-state index contributed by atoms with van der Waals surface area (Å²) >= 11 is 0. The van der Waals surface area contributed by atoms with Gasteiger partial charge >= 0.3 is 5.97 Å². The predicted octanol–water partition coefficient (Wildman–Crippen LogP) is 1.69. The zero-order valence-electron chi connectivity index (χ0n) is 11.2. The van der Waals surface area contributed by atoms with Crippen LogP contribution in [0.2, 0.25) is 0 Å². The normalized spacial score (nSPS) is 19.8. The van der Waals surface area contributed by atoms with Crippen molar-refractivity contribution in [2.75, 3.05) is 32.8 Å². The van der Waals surface area contributed by atoms with E-state index >= 15 is 0 Å². The lowest BCUT2D eigenvalue weighted by molar-refractivity contribution is -0.142. The molecule has 2 rings (SSSR count). The first kappa shape index (κ1) is 13.7. The summed E-state index contributed by atoms with van der Waals surface area (Å²) in [4.78, 5) is 11.9. The molecule has 0 radical (unpaired) electrons. The maximum absolute atomic E-state index is 11.9. The summed E-state index contributed by atoms with van der Waals surface area (Å²) in [5.41, 5.74) is 0.864. The summed E-state index contributed by atoms with van der Waals surface area (Å²) in [6.45, 7) is 1.28. The van der Waals surface area contributed by atoms with Crippen molar-refractivity contribution >= 4 is 11.7 Å². The van der Waals surface area contributed by atoms with Crippen molar-refractivity contribution in [3.8, 4) is 5.75 Å². The maximum atomic E-state index is 11.9. The first-order valence-corrected chi connectivity index (χ1v) is 6.30. The highest BCUT2D eigenvalue weighted by atomic mass is 16.5. The Morgan fingerprint density at radius 2 is 2.11 bits per heavy atom. The molecule has 1 aromatic carbocycles. The molecule has 0 saturated carbocycles. The lowest BCUT2D eigenvalue weighted by Gasteiger charge is -2.22. The molecule has 1 N–H and O–H groups in total. The number of anilines is 1. The van der Waals surface area contributed by atoms with Gasteiger partial charge in [-0.15, -0.1) is 0 Å². The molecule has 0 amide bonds. The molecule has 0 bridgehead atoms. The van der Waals surface area contributed by atoms with E-state index in [0.717, 1.165) is 17.9 Å². The van der Waals surface area contributed by atoms with Crippen LogP contribution >= 0.6 is 0 Å². The molecule has 1 aliphatic heterocycles. The molecule has 0 aromatic heterocycles. The van der Waals surface area contributed by atoms with Crippen molar-refractivity contribution in [1.29, 1.82) is 0 Å². The number of methoxy groups -OCH3 is 2. The third kappa shape index (κ3) is 3.38. The predicted molar refractivity (Wildman–Crippen MR) is 71.3 cm³/mol. The van der Waals surface area contributed by atoms with Gasteiger partial charge in [-0.05, 0) is 30.7 Å². The van der Waals surface area contributed by atoms with Gasteiger partial charge in [-0.1, -0.05) is 0 Å². The fourth-order valence-corrected chi connectivity index (χ4v) is 2.18. The minimum absolute atomic E-state index is 0.148. The molecule has 1 aromatic rings. The Morgan fingerprint density at radius 3 is 2.63 bits per heavy atom. The van der Waals surface area contributed by atoms with E-state index in [1.165, 1.54) is 7.11 Å². The van der Waals surface area contributed by atoms with Crippen LogP contribution in [0.1, 0.15) is 6.42 Å². The Morgan fingerprint density at radius 1 is 1.37 bits per heavy atom. The number of carbonyl (C=O) groups excluding carboxylic acids is 1. The highest BCUT2D eigenvalue weighted by Gasteiger charge is 2.32. The molecule has 2 unspecified atom stereocenters. The highest BCUT2D eigenvalue weighted by Crippen LogP contribution is 2.23. The second kappa shape index (κ2) is 6.43. The minimum Gasteiger partial charge on any atom is -0.497 e. The molecular formula is C14H19NO4. The zero-order chi connectivity index (χ0) is 13.7. The van der Waals surface area contributed by atoms with Crippen molar-refractivity contribution < 1.29 is 19.0 Å². The Labute approximate surface area is 112 Å². The summed E-state index contributed by atoms with van der Waals surface area (Å²) < 4.78 is 15.3. The number of hydrogen-bond acceptors (Lipinski definition) is 5. The van der Waals surface area contributed by atoms with Gasteiger partial charge in [0.2, 0.25) is 0 Å². The van der Waals surface area contributed by atoms with E-state index in [-0.39, 0.29) is 17.9 Å². The first-order chi connectivity index (χ1) is 9.24. The summed E-state index contributed by atoms with van der Waals surface area (Å²) in [7, 11) is 3.02. The van der Waals surface area contributed by atoms with Gasteiger partial charge < -0.3 is 19.5 Å². The second-order valence-electron chi connectivity index (χ2n) is 4.50. The standard InChI is InChI=1S/C14H19NO4/c1-17-12-5-3-11(4-6-12)15-13(14(16)18-2)10-7-8-19-9-10/h3-6,10,13,15H,7-9H2,1-2H3. The molecule has 0 aliphatic carbocycles. The summed E-state index contributed by atoms with van der Waals surface area (Å²) in [6.07, 6.45) is 0.864. The van der Waals surface area contributed by atoms with Crippen LogP contribution < -0.4 is 10.1 Å². The molecular weight excluding hydrogens is 246 g/mol. The van der Waals surface area contributed by atoms with E-state index in [1.54, 1.807) is 7.11 Å². The molecule has 5 heteroatoms. The summed E-state index contributed by atoms with van der Waals surface area (Å²) in [5.74, 6) is 0.672. The molecule has 1 heterocycles. The largest absolute Gasteiger partial charge is 0.497 e. The van der Waals surface area contributed by atoms with Crippen molar-refractivity contribution in [3.05, 3.63) is 24.3 Å². The molecule has 1 saturated heterocycles. The number of rotatable bonds is 5. The smallest absolute Gasteiger partial charge is 0.328 e. The molecule has 1 aliphatic rings. The van der Waals surface area contributed by atoms with Gasteiger partial charge in [0, 0.05) is 18.2 Å². The van der Waals surface area contributed by atoms with E-state index in [1.807, 2.05) is 24.3 Å². The molecule has 5 nitrogen and oxygen atoms in total. The van der Waals surface area contributed by atoms with E-state index < -0.39 is 0 Å². The van der Waals surface area contributed by atoms with Crippen LogP contribution in [0.25, 0.3) is 0 Å². The molecule has 1 fully saturated rings. The minimum atomic E-state index is -0.374. The van der Waals surface area contributed by atoms with Crippen LogP contribution in [0.3, 0.4) is 0 Å². The Hall–Kier alpha value is -1.75. The maximum Gasteiger partial charge on any atom is 0.328 e. The van der Waals surface area contributed by atoms with Gasteiger partial charge in [-0.2, -0.15) is 0 Å². The van der Waals surface area contributed by atoms with Gasteiger partial charge in [0.25, 0.3) is 0 Å². The fraction of sp³-hybridized carbons (Fsp3) is 0.500. The number of ether oxygens (including phenoxy) is 3. The Kier molecular flexibility index (Phi) is 4.63. The SMILES string of the molecule is COC(=O)C(Nc1ccc(OC)cc1)C1CCOC1. The Balaban J connectivity index is 2.07. The number of benzene rings is 1. The van der Waals surface area contributed by atoms with Crippen LogP contribution in [0.4, 0.5) is 5.69 Å². The van der Waals surface area contributed by atoms with Crippen LogP contribution in [-0.4, -0.2) is 39.4 Å². The van der Waals surface area contributed by atoms with Gasteiger partial charge in [0.05, 0.1) is 20.8 Å². The van der Waals surface area contributed by atoms with Crippen molar-refractivity contribution in [2.24, 2.45) is 5.92 Å². The monoisotopic (exact) mass is 265 g/mol. The van der Waals surface area contributed by atoms with E-state index in [2.05, 4.69) is 5.32 Å². The van der Waals surface area contributed by atoms with E-state index in [4.69, 9.17) is 14.2 Å². The summed E-state index contributed by atoms with van der Waals surface area (Å²) in [5, 5.41) is 3.21. The Bertz CT molecular complexity index is 412. The number of carbonyl (C=O) groups is 1. The van der Waals surface area contributed by atoms with Gasteiger partial charge in [0.15, 0.2) is 0 Å². The molecule has 2 atom stereocenters. The van der Waals surface area contributed by atoms with Crippen LogP contribution in [-0.2, 0) is 14.3 Å². The van der Waals surface area contributed by atoms with Crippen LogP contribution in [0.15, 0.2) is 24.3 Å². The van der Waals surface area contributed by atoms with Gasteiger partial charge in [0.1, 0.15) is 11.8 Å². The number of nitrogens with one attached hydrogen (secondary N) is 1. The third-order valence-electron chi connectivity index (χ3n) is 3.30. The first-order valence-electron chi connectivity index (χ1n) is 6.30. The quantitative estimate of drug-likeness (QED) is 0.821. The van der Waals surface area contributed by atoms with Crippen molar-refractivity contribution in [3.63, 3.8) is 0 Å². The van der Waals surface area contributed by atoms with Crippen molar-refractivity contribution in [1.82, 2.24) is 0 Å². The van der Waals surface area contributed by atoms with Crippen LogP contribution in [0.5, 0.6) is 5.75 Å². The molecule has 19 heavy (non-hydrogen) atoms. The highest BCUT2D eigenvalue weighted by molar-refractivity contribution is 5.79. The molecule has 104 valence electrons.